The van der Waals surface area contributed by atoms with Crippen LogP contribution in [0.1, 0.15) is 129 Å². The molecule has 0 radical (unpaired) electrons. The molecule has 366 valence electrons. The van der Waals surface area contributed by atoms with Crippen molar-refractivity contribution >= 4 is 11.9 Å². The van der Waals surface area contributed by atoms with Gasteiger partial charge < -0.3 is 75.8 Å². The summed E-state index contributed by atoms with van der Waals surface area (Å²) in [6.45, 7) is 22.9. The zero-order chi connectivity index (χ0) is 47.6. The second-order valence-electron chi connectivity index (χ2n) is 19.4. The average molecular weight is 902 g/mol. The number of nitrogens with two attached hydrogens (primary N) is 2. The molecule has 18 heteroatoms. The van der Waals surface area contributed by atoms with Crippen LogP contribution in [-0.2, 0) is 33.2 Å². The molecule has 0 aromatic rings. The fourth-order valence-electron chi connectivity index (χ4n) is 10.4. The van der Waals surface area contributed by atoms with E-state index in [1.807, 2.05) is 83.1 Å². The third-order valence-corrected chi connectivity index (χ3v) is 15.6. The van der Waals surface area contributed by atoms with Crippen molar-refractivity contribution < 1.29 is 63.9 Å². The molecule has 18 nitrogen and oxygen atoms in total. The largest absolute Gasteiger partial charge is 0.487 e. The Labute approximate surface area is 374 Å². The number of aliphatic hydroxyl groups is 6. The van der Waals surface area contributed by atoms with Crippen LogP contribution in [0.15, 0.2) is 16.3 Å². The van der Waals surface area contributed by atoms with Crippen LogP contribution >= 0.6 is 0 Å². The van der Waals surface area contributed by atoms with Gasteiger partial charge in [-0.25, -0.2) is 4.99 Å². The van der Waals surface area contributed by atoms with Crippen molar-refractivity contribution in [1.82, 2.24) is 10.6 Å². The molecule has 18 unspecified atom stereocenters. The summed E-state index contributed by atoms with van der Waals surface area (Å²) < 4.78 is 40.1. The lowest BCUT2D eigenvalue weighted by Gasteiger charge is -2.67. The Hall–Kier alpha value is -2.20. The van der Waals surface area contributed by atoms with Crippen LogP contribution in [0, 0.1) is 5.41 Å². The van der Waals surface area contributed by atoms with Crippen molar-refractivity contribution in [2.24, 2.45) is 21.9 Å². The van der Waals surface area contributed by atoms with Crippen molar-refractivity contribution in [3.05, 3.63) is 11.3 Å². The number of hydrogen-bond donors (Lipinski definition) is 10. The number of amides is 1. The van der Waals surface area contributed by atoms with E-state index in [4.69, 9.17) is 39.9 Å². The number of nitrogens with one attached hydrogen (secondary N) is 2. The number of carbonyl (C=O) groups is 1. The Kier molecular flexibility index (Phi) is 17.6. The van der Waals surface area contributed by atoms with Crippen LogP contribution in [-0.4, -0.2) is 170 Å². The van der Waals surface area contributed by atoms with E-state index in [0.717, 1.165) is 5.57 Å². The Morgan fingerprint density at radius 3 is 1.83 bits per heavy atom. The molecular formula is C45H83N5O13. The van der Waals surface area contributed by atoms with Gasteiger partial charge in [0.15, 0.2) is 5.96 Å². The van der Waals surface area contributed by atoms with Crippen molar-refractivity contribution in [3.63, 3.8) is 0 Å². The quantitative estimate of drug-likeness (QED) is 0.0604. The molecule has 1 amide bonds. The number of rotatable bonds is 20. The van der Waals surface area contributed by atoms with Crippen molar-refractivity contribution in [2.45, 2.75) is 236 Å². The van der Waals surface area contributed by atoms with E-state index in [-0.39, 0.29) is 18.5 Å². The van der Waals surface area contributed by atoms with E-state index in [2.05, 4.69) is 15.6 Å². The van der Waals surface area contributed by atoms with Crippen LogP contribution in [0.25, 0.3) is 0 Å². The number of aliphatic imine (C=N–C) groups is 1. The maximum Gasteiger partial charge on any atom is 0.217 e. The molecule has 63 heavy (non-hydrogen) atoms. The van der Waals surface area contributed by atoms with Crippen molar-refractivity contribution in [2.75, 3.05) is 19.8 Å². The standard InChI is InChI=1S/C45H83N5O13/c1-14-23(7)34-28(48-24(8)54)31(55)36(25(20-51)58-34)62-43(12,17-4)42(11,16-3)38-29(49-40(46)47)32(56)37(27(22-53)59-38)63-44(13,18-5)45(19-6)39-30(50-45)33(57)35(26(21-52)60-39)61-41(9,10)15-2/h25-33,35-39,50-53,55-57H,14-22H2,1-13H3,(H,48,54)(H4,46,47,49)/b34-23-. The predicted octanol–water partition coefficient (Wildman–Crippen LogP) is 1.03. The van der Waals surface area contributed by atoms with Crippen molar-refractivity contribution in [1.29, 1.82) is 0 Å². The van der Waals surface area contributed by atoms with E-state index in [1.165, 1.54) is 6.92 Å². The normalized spacial score (nSPS) is 39.6. The number of nitrogens with zero attached hydrogens (tertiary/aromatic N) is 1. The molecule has 4 rings (SSSR count). The molecule has 4 saturated heterocycles. The van der Waals surface area contributed by atoms with E-state index >= 15 is 0 Å². The first kappa shape index (κ1) is 53.4. The highest BCUT2D eigenvalue weighted by Crippen LogP contribution is 2.53. The molecule has 4 heterocycles. The van der Waals surface area contributed by atoms with Gasteiger partial charge >= 0.3 is 0 Å². The molecule has 0 bridgehead atoms. The van der Waals surface area contributed by atoms with Gasteiger partial charge in [-0.05, 0) is 78.7 Å². The lowest BCUT2D eigenvalue weighted by atomic mass is 9.61. The summed E-state index contributed by atoms with van der Waals surface area (Å²) in [6.07, 6.45) is -8.72. The number of allylic oxidation sites excluding steroid dienone is 1. The topological polar surface area (TPSA) is 282 Å². The molecule has 0 aromatic carbocycles. The number of carbonyl (C=O) groups excluding carboxylic acids is 1. The molecule has 4 fully saturated rings. The van der Waals surface area contributed by atoms with Crippen LogP contribution in [0.2, 0.25) is 0 Å². The first-order valence-electron chi connectivity index (χ1n) is 23.1. The van der Waals surface area contributed by atoms with E-state index in [1.54, 1.807) is 0 Å². The van der Waals surface area contributed by atoms with Gasteiger partial charge in [0.05, 0.1) is 60.4 Å². The summed E-state index contributed by atoms with van der Waals surface area (Å²) in [4.78, 5) is 17.0. The van der Waals surface area contributed by atoms with Gasteiger partial charge in [-0.15, -0.1) is 0 Å². The van der Waals surface area contributed by atoms with Crippen LogP contribution in [0.5, 0.6) is 0 Å². The predicted molar refractivity (Wildman–Crippen MR) is 236 cm³/mol. The molecule has 4 aliphatic heterocycles. The van der Waals surface area contributed by atoms with Crippen LogP contribution in [0.3, 0.4) is 0 Å². The molecule has 0 spiro atoms. The number of hydrogen-bond acceptors (Lipinski definition) is 15. The molecule has 12 N–H and O–H groups in total. The minimum atomic E-state index is -1.45. The second kappa shape index (κ2) is 20.8. The van der Waals surface area contributed by atoms with Gasteiger partial charge in [0.2, 0.25) is 5.91 Å². The maximum absolute atomic E-state index is 12.6. The first-order valence-corrected chi connectivity index (χ1v) is 23.1. The molecule has 0 saturated carbocycles. The molecular weight excluding hydrogens is 819 g/mol. The number of fused-ring (bicyclic) bond motifs is 1. The minimum absolute atomic E-state index is 0.318. The highest BCUT2D eigenvalue weighted by Gasteiger charge is 2.70. The van der Waals surface area contributed by atoms with E-state index in [0.29, 0.717) is 44.3 Å². The third-order valence-electron chi connectivity index (χ3n) is 15.6. The SMILES string of the molecule is CC/C(C)=C1\OC(CO)C(OC(C)(CC)C(C)(CC)C2OC(CO)C(OC(C)(CC)C3(CC)NC4C(O)C(OC(C)(C)CC)C(CO)OC43)C(O)C2N=C(N)N)C(O)C1NC(C)=O. The Morgan fingerprint density at radius 1 is 0.778 bits per heavy atom. The average Bonchev–Trinajstić information content (AvgIpc) is 3.24. The summed E-state index contributed by atoms with van der Waals surface area (Å²) in [5.74, 6) is -0.339. The monoisotopic (exact) mass is 902 g/mol. The highest BCUT2D eigenvalue weighted by molar-refractivity contribution is 5.76. The number of guanidine groups is 1. The summed E-state index contributed by atoms with van der Waals surface area (Å²) in [5.41, 5.74) is 8.02. The summed E-state index contributed by atoms with van der Waals surface area (Å²) in [7, 11) is 0. The molecule has 0 aromatic heterocycles. The summed E-state index contributed by atoms with van der Waals surface area (Å²) >= 11 is 0. The van der Waals surface area contributed by atoms with Gasteiger partial charge in [-0.3, -0.25) is 10.1 Å². The van der Waals surface area contributed by atoms with Gasteiger partial charge in [0, 0.05) is 12.3 Å². The van der Waals surface area contributed by atoms with E-state index < -0.39 is 126 Å². The maximum atomic E-state index is 12.6. The Morgan fingerprint density at radius 2 is 1.35 bits per heavy atom. The Bertz CT molecular complexity index is 1600. The zero-order valence-corrected chi connectivity index (χ0v) is 40.1. The second-order valence-corrected chi connectivity index (χ2v) is 19.4. The van der Waals surface area contributed by atoms with Gasteiger partial charge in [-0.2, -0.15) is 0 Å². The highest BCUT2D eigenvalue weighted by atomic mass is 16.6. The van der Waals surface area contributed by atoms with E-state index in [9.17, 15) is 35.4 Å². The third kappa shape index (κ3) is 9.80. The molecule has 0 aliphatic carbocycles. The fraction of sp³-hybridized carbons (Fsp3) is 0.911. The number of aliphatic hydroxyl groups excluding tert-OH is 6. The van der Waals surface area contributed by atoms with Gasteiger partial charge in [0.1, 0.15) is 72.8 Å². The van der Waals surface area contributed by atoms with Crippen LogP contribution in [0.4, 0.5) is 0 Å². The lowest BCUT2D eigenvalue weighted by molar-refractivity contribution is -0.330. The van der Waals surface area contributed by atoms with Crippen LogP contribution < -0.4 is 22.1 Å². The number of ether oxygens (including phenoxy) is 6. The summed E-state index contributed by atoms with van der Waals surface area (Å²) in [5, 5.41) is 74.8. The molecule has 18 atom stereocenters. The van der Waals surface area contributed by atoms with Gasteiger partial charge in [-0.1, -0.05) is 48.5 Å². The minimum Gasteiger partial charge on any atom is -0.487 e. The fourth-order valence-corrected chi connectivity index (χ4v) is 10.4. The molecule has 4 aliphatic rings. The smallest absolute Gasteiger partial charge is 0.217 e. The van der Waals surface area contributed by atoms with Gasteiger partial charge in [0.25, 0.3) is 0 Å². The zero-order valence-electron chi connectivity index (χ0n) is 40.1. The Balaban J connectivity index is 1.73. The van der Waals surface area contributed by atoms with Crippen molar-refractivity contribution in [3.8, 4) is 0 Å². The lowest BCUT2D eigenvalue weighted by Crippen LogP contribution is -2.89. The summed E-state index contributed by atoms with van der Waals surface area (Å²) in [6, 6.07) is -2.67. The first-order chi connectivity index (χ1) is 29.4.